The largest absolute Gasteiger partial charge is 0.444 e. The van der Waals surface area contributed by atoms with Crippen molar-refractivity contribution in [1.29, 1.82) is 0 Å². The Morgan fingerprint density at radius 1 is 1.60 bits per heavy atom. The summed E-state index contributed by atoms with van der Waals surface area (Å²) >= 11 is 3.21. The Hall–Kier alpha value is -1.63. The van der Waals surface area contributed by atoms with Crippen LogP contribution in [0, 0.1) is 0 Å². The summed E-state index contributed by atoms with van der Waals surface area (Å²) < 4.78 is 5.90. The van der Waals surface area contributed by atoms with Crippen LogP contribution >= 0.6 is 15.9 Å². The molecule has 1 N–H and O–H groups in total. The smallest absolute Gasteiger partial charge is 0.290 e. The molecule has 7 heteroatoms. The number of furan rings is 1. The molecule has 0 aliphatic carbocycles. The molecule has 1 aliphatic heterocycles. The Morgan fingerprint density at radius 3 is 3.10 bits per heavy atom. The van der Waals surface area contributed by atoms with Crippen molar-refractivity contribution in [1.82, 2.24) is 20.1 Å². The lowest BCUT2D eigenvalue weighted by Crippen LogP contribution is -2.30. The van der Waals surface area contributed by atoms with Crippen LogP contribution in [0.5, 0.6) is 0 Å². The van der Waals surface area contributed by atoms with Crippen molar-refractivity contribution in [2.45, 2.75) is 32.2 Å². The summed E-state index contributed by atoms with van der Waals surface area (Å²) in [6.07, 6.45) is 2.64. The summed E-state index contributed by atoms with van der Waals surface area (Å²) in [5, 5.41) is 7.14. The van der Waals surface area contributed by atoms with Crippen LogP contribution in [0.3, 0.4) is 0 Å². The first-order valence-electron chi connectivity index (χ1n) is 6.66. The van der Waals surface area contributed by atoms with Crippen molar-refractivity contribution in [2.24, 2.45) is 0 Å². The van der Waals surface area contributed by atoms with E-state index in [9.17, 15) is 4.79 Å². The number of aryl methyl sites for hydroxylation is 1. The number of hydrogen-bond donors (Lipinski definition) is 1. The molecule has 0 radical (unpaired) electrons. The molecule has 3 heterocycles. The standard InChI is InChI=1S/C13H15BrN4O2/c1-2-11-15-12(17-16-11)8-4-3-7-18(8)13(19)9-5-6-10(14)20-9/h5-6,8H,2-4,7H2,1H3,(H,15,16,17)/t8-/m0/s1. The zero-order chi connectivity index (χ0) is 14.1. The molecule has 106 valence electrons. The van der Waals surface area contributed by atoms with Gasteiger partial charge in [0.05, 0.1) is 6.04 Å². The average Bonchev–Trinajstić information content (AvgIpc) is 3.17. The number of aromatic nitrogens is 3. The normalized spacial score (nSPS) is 18.7. The van der Waals surface area contributed by atoms with Gasteiger partial charge < -0.3 is 9.32 Å². The molecule has 0 aromatic carbocycles. The second-order valence-electron chi connectivity index (χ2n) is 4.75. The predicted molar refractivity (Wildman–Crippen MR) is 75.2 cm³/mol. The van der Waals surface area contributed by atoms with Gasteiger partial charge in [-0.3, -0.25) is 9.89 Å². The van der Waals surface area contributed by atoms with E-state index in [1.54, 1.807) is 17.0 Å². The number of likely N-dealkylation sites (tertiary alicyclic amines) is 1. The van der Waals surface area contributed by atoms with E-state index in [0.29, 0.717) is 22.8 Å². The van der Waals surface area contributed by atoms with E-state index in [0.717, 1.165) is 25.1 Å². The Balaban J connectivity index is 1.83. The van der Waals surface area contributed by atoms with Crippen LogP contribution in [0.4, 0.5) is 0 Å². The summed E-state index contributed by atoms with van der Waals surface area (Å²) in [7, 11) is 0. The Kier molecular flexibility index (Phi) is 3.60. The second-order valence-corrected chi connectivity index (χ2v) is 5.54. The number of halogens is 1. The number of carbonyl (C=O) groups excluding carboxylic acids is 1. The summed E-state index contributed by atoms with van der Waals surface area (Å²) in [4.78, 5) is 18.7. The topological polar surface area (TPSA) is 75.0 Å². The van der Waals surface area contributed by atoms with Crippen LogP contribution in [0.15, 0.2) is 21.2 Å². The van der Waals surface area contributed by atoms with Gasteiger partial charge in [-0.15, -0.1) is 0 Å². The number of nitrogens with zero attached hydrogens (tertiary/aromatic N) is 3. The predicted octanol–water partition coefficient (Wildman–Crippen LogP) is 2.70. The summed E-state index contributed by atoms with van der Waals surface area (Å²) in [6, 6.07) is 3.33. The molecule has 0 unspecified atom stereocenters. The van der Waals surface area contributed by atoms with Crippen LogP contribution in [-0.2, 0) is 6.42 Å². The molecule has 1 fully saturated rings. The number of carbonyl (C=O) groups is 1. The van der Waals surface area contributed by atoms with E-state index in [2.05, 4.69) is 31.1 Å². The first-order chi connectivity index (χ1) is 9.69. The average molecular weight is 339 g/mol. The maximum absolute atomic E-state index is 12.5. The van der Waals surface area contributed by atoms with Gasteiger partial charge in [0.25, 0.3) is 5.91 Å². The van der Waals surface area contributed by atoms with Crippen LogP contribution in [0.2, 0.25) is 0 Å². The molecule has 1 amide bonds. The Labute approximate surface area is 124 Å². The fourth-order valence-corrected chi connectivity index (χ4v) is 2.77. The lowest BCUT2D eigenvalue weighted by Gasteiger charge is -2.21. The molecule has 1 saturated heterocycles. The zero-order valence-electron chi connectivity index (χ0n) is 11.1. The molecule has 1 aliphatic rings. The minimum atomic E-state index is -0.110. The third-order valence-electron chi connectivity index (χ3n) is 3.48. The zero-order valence-corrected chi connectivity index (χ0v) is 12.7. The molecule has 0 bridgehead atoms. The highest BCUT2D eigenvalue weighted by Crippen LogP contribution is 2.31. The first-order valence-corrected chi connectivity index (χ1v) is 7.46. The lowest BCUT2D eigenvalue weighted by molar-refractivity contribution is 0.0696. The van der Waals surface area contributed by atoms with Gasteiger partial charge in [-0.2, -0.15) is 5.10 Å². The van der Waals surface area contributed by atoms with Gasteiger partial charge in [-0.05, 0) is 40.9 Å². The molecule has 2 aromatic rings. The molecule has 1 atom stereocenters. The van der Waals surface area contributed by atoms with E-state index in [4.69, 9.17) is 4.42 Å². The van der Waals surface area contributed by atoms with Crippen molar-refractivity contribution >= 4 is 21.8 Å². The fraction of sp³-hybridized carbons (Fsp3) is 0.462. The Morgan fingerprint density at radius 2 is 2.45 bits per heavy atom. The third kappa shape index (κ3) is 2.37. The molecule has 6 nitrogen and oxygen atoms in total. The van der Waals surface area contributed by atoms with Gasteiger partial charge in [0.2, 0.25) is 0 Å². The highest BCUT2D eigenvalue weighted by molar-refractivity contribution is 9.10. The van der Waals surface area contributed by atoms with E-state index < -0.39 is 0 Å². The van der Waals surface area contributed by atoms with Crippen molar-refractivity contribution < 1.29 is 9.21 Å². The summed E-state index contributed by atoms with van der Waals surface area (Å²) in [6.45, 7) is 2.72. The van der Waals surface area contributed by atoms with Crippen molar-refractivity contribution in [3.63, 3.8) is 0 Å². The van der Waals surface area contributed by atoms with E-state index in [-0.39, 0.29) is 11.9 Å². The fourth-order valence-electron chi connectivity index (χ4n) is 2.47. The number of hydrogen-bond acceptors (Lipinski definition) is 4. The molecule has 2 aromatic heterocycles. The monoisotopic (exact) mass is 338 g/mol. The minimum Gasteiger partial charge on any atom is -0.444 e. The lowest BCUT2D eigenvalue weighted by atomic mass is 10.2. The maximum atomic E-state index is 12.5. The van der Waals surface area contributed by atoms with Crippen LogP contribution < -0.4 is 0 Å². The first kappa shape index (κ1) is 13.4. The third-order valence-corrected chi connectivity index (χ3v) is 3.91. The van der Waals surface area contributed by atoms with Gasteiger partial charge in [0.15, 0.2) is 16.3 Å². The summed E-state index contributed by atoms with van der Waals surface area (Å²) in [5.74, 6) is 1.77. The van der Waals surface area contributed by atoms with E-state index >= 15 is 0 Å². The van der Waals surface area contributed by atoms with Crippen molar-refractivity contribution in [2.75, 3.05) is 6.54 Å². The van der Waals surface area contributed by atoms with Crippen molar-refractivity contribution in [3.8, 4) is 0 Å². The number of rotatable bonds is 3. The minimum absolute atomic E-state index is 0.0667. The van der Waals surface area contributed by atoms with Crippen LogP contribution in [-0.4, -0.2) is 32.5 Å². The van der Waals surface area contributed by atoms with Gasteiger partial charge in [-0.25, -0.2) is 4.98 Å². The highest BCUT2D eigenvalue weighted by atomic mass is 79.9. The molecule has 0 saturated carbocycles. The maximum Gasteiger partial charge on any atom is 0.290 e. The van der Waals surface area contributed by atoms with Gasteiger partial charge in [-0.1, -0.05) is 6.92 Å². The molecular weight excluding hydrogens is 324 g/mol. The quantitative estimate of drug-likeness (QED) is 0.933. The Bertz CT molecular complexity index is 621. The van der Waals surface area contributed by atoms with Gasteiger partial charge >= 0.3 is 0 Å². The van der Waals surface area contributed by atoms with Crippen molar-refractivity contribution in [3.05, 3.63) is 34.2 Å². The SMILES string of the molecule is CCc1nc([C@@H]2CCCN2C(=O)c2ccc(Br)o2)n[nH]1. The van der Waals surface area contributed by atoms with Crippen LogP contribution in [0.25, 0.3) is 0 Å². The molecular formula is C13H15BrN4O2. The number of H-pyrrole nitrogens is 1. The van der Waals surface area contributed by atoms with Crippen LogP contribution in [0.1, 0.15) is 48.0 Å². The number of amides is 1. The second kappa shape index (κ2) is 5.40. The summed E-state index contributed by atoms with van der Waals surface area (Å²) in [5.41, 5.74) is 0. The molecule has 3 rings (SSSR count). The van der Waals surface area contributed by atoms with Gasteiger partial charge in [0.1, 0.15) is 5.82 Å². The van der Waals surface area contributed by atoms with Gasteiger partial charge in [0, 0.05) is 13.0 Å². The highest BCUT2D eigenvalue weighted by Gasteiger charge is 2.34. The van der Waals surface area contributed by atoms with E-state index in [1.807, 2.05) is 6.92 Å². The number of aromatic amines is 1. The molecule has 0 spiro atoms. The van der Waals surface area contributed by atoms with E-state index in [1.165, 1.54) is 0 Å². The molecule has 20 heavy (non-hydrogen) atoms. The number of nitrogens with one attached hydrogen (secondary N) is 1.